The molecule has 10 nitrogen and oxygen atoms in total. The van der Waals surface area contributed by atoms with Crippen LogP contribution in [0, 0.1) is 0 Å². The summed E-state index contributed by atoms with van der Waals surface area (Å²) in [4.78, 5) is 26.1. The maximum atomic E-state index is 13.6. The lowest BCUT2D eigenvalue weighted by Crippen LogP contribution is -2.60. The zero-order valence-corrected chi connectivity index (χ0v) is 31.0. The molecule has 10 heteroatoms. The molecule has 6 rings (SSSR count). The van der Waals surface area contributed by atoms with E-state index < -0.39 is 48.6 Å². The molecule has 6 atom stereocenters. The van der Waals surface area contributed by atoms with Crippen LogP contribution in [0.2, 0.25) is 0 Å². The molecule has 290 valence electrons. The highest BCUT2D eigenvalue weighted by atomic mass is 16.6. The van der Waals surface area contributed by atoms with Crippen LogP contribution >= 0.6 is 0 Å². The van der Waals surface area contributed by atoms with Crippen LogP contribution in [0.1, 0.15) is 27.8 Å². The van der Waals surface area contributed by atoms with Crippen LogP contribution in [0.25, 0.3) is 0 Å². The lowest BCUT2D eigenvalue weighted by atomic mass is 9.93. The molecule has 1 amide bonds. The van der Waals surface area contributed by atoms with E-state index in [1.807, 2.05) is 152 Å². The van der Waals surface area contributed by atoms with Crippen molar-refractivity contribution in [1.82, 2.24) is 5.32 Å². The lowest BCUT2D eigenvalue weighted by molar-refractivity contribution is -0.190. The molecule has 2 N–H and O–H groups in total. The molecule has 0 bridgehead atoms. The van der Waals surface area contributed by atoms with Gasteiger partial charge in [-0.15, -0.1) is 0 Å². The Morgan fingerprint density at radius 1 is 0.589 bits per heavy atom. The van der Waals surface area contributed by atoms with E-state index in [4.69, 9.17) is 28.4 Å². The van der Waals surface area contributed by atoms with Crippen molar-refractivity contribution < 1.29 is 43.1 Å². The summed E-state index contributed by atoms with van der Waals surface area (Å²) in [6.07, 6.45) is -3.54. The number of carbonyl (C=O) groups excluding carboxylic acids is 2. The van der Waals surface area contributed by atoms with Gasteiger partial charge in [-0.05, 0) is 33.9 Å². The number of aliphatic hydroxyl groups is 1. The fraction of sp³-hybridized carbons (Fsp3) is 0.261. The Labute approximate surface area is 327 Å². The average Bonchev–Trinajstić information content (AvgIpc) is 3.69. The van der Waals surface area contributed by atoms with Gasteiger partial charge in [-0.2, -0.15) is 0 Å². The second-order valence-corrected chi connectivity index (χ2v) is 13.3. The van der Waals surface area contributed by atoms with Gasteiger partial charge in [-0.3, -0.25) is 0 Å². The number of aliphatic hydroxyl groups excluding tert-OH is 1. The Kier molecular flexibility index (Phi) is 15.4. The normalized spacial score (nSPS) is 16.3. The molecule has 0 saturated carbocycles. The predicted molar refractivity (Wildman–Crippen MR) is 210 cm³/mol. The van der Waals surface area contributed by atoms with Gasteiger partial charge in [0.15, 0.2) is 0 Å². The van der Waals surface area contributed by atoms with Gasteiger partial charge in [0.2, 0.25) is 0 Å². The zero-order chi connectivity index (χ0) is 38.8. The Morgan fingerprint density at radius 2 is 1.02 bits per heavy atom. The number of ether oxygens (including phenoxy) is 6. The largest absolute Gasteiger partial charge is 0.453 e. The number of hydrogen-bond donors (Lipinski definition) is 2. The molecule has 5 aromatic carbocycles. The maximum absolute atomic E-state index is 13.6. The fourth-order valence-electron chi connectivity index (χ4n) is 6.26. The number of benzene rings is 5. The standard InChI is InChI=1S/C46H47NO9/c48-41-27-26-39(56-41)42(47-46(50)55-32-38-24-14-5-15-25-38)44(53-30-36-20-10-3-11-21-36)45(54-31-37-22-12-4-13-23-37)43(49)40(52-29-35-18-8-2-9-19-35)33-51-28-34-16-6-1-7-17-34/h1-27,39-40,42-45,49H,28-33H2,(H,47,50)/t39?,40-,42-,43-,44+,45+/m1/s1. The van der Waals surface area contributed by atoms with Gasteiger partial charge in [-0.25, -0.2) is 9.59 Å². The number of nitrogens with one attached hydrogen (secondary N) is 1. The fourth-order valence-corrected chi connectivity index (χ4v) is 6.26. The molecule has 0 fully saturated rings. The Hall–Kier alpha value is -5.62. The summed E-state index contributed by atoms with van der Waals surface area (Å²) in [5.74, 6) is -0.582. The zero-order valence-electron chi connectivity index (χ0n) is 31.0. The Bertz CT molecular complexity index is 1910. The first-order chi connectivity index (χ1) is 27.5. The van der Waals surface area contributed by atoms with Crippen molar-refractivity contribution in [1.29, 1.82) is 0 Å². The number of esters is 1. The van der Waals surface area contributed by atoms with E-state index in [9.17, 15) is 14.7 Å². The van der Waals surface area contributed by atoms with Crippen molar-refractivity contribution in [3.63, 3.8) is 0 Å². The third-order valence-corrected chi connectivity index (χ3v) is 9.19. The van der Waals surface area contributed by atoms with Gasteiger partial charge in [0.05, 0.1) is 33.0 Å². The van der Waals surface area contributed by atoms with E-state index >= 15 is 0 Å². The van der Waals surface area contributed by atoms with Gasteiger partial charge >= 0.3 is 12.1 Å². The molecule has 0 saturated heterocycles. The van der Waals surface area contributed by atoms with E-state index in [1.54, 1.807) is 6.08 Å². The smallest absolute Gasteiger partial charge is 0.407 e. The second-order valence-electron chi connectivity index (χ2n) is 13.3. The molecule has 0 aromatic heterocycles. The van der Waals surface area contributed by atoms with E-state index in [2.05, 4.69) is 5.32 Å². The SMILES string of the molecule is O=C1C=CC([C@@H](NC(=O)OCc2ccccc2)[C@H](OCc2ccccc2)[C@@H](OCc2ccccc2)[C@H](O)[C@@H](COCc2ccccc2)OCc2ccccc2)O1. The number of rotatable bonds is 21. The van der Waals surface area contributed by atoms with Crippen molar-refractivity contribution in [3.8, 4) is 0 Å². The van der Waals surface area contributed by atoms with Crippen LogP contribution in [0.5, 0.6) is 0 Å². The topological polar surface area (TPSA) is 122 Å². The molecule has 0 aliphatic carbocycles. The van der Waals surface area contributed by atoms with Crippen LogP contribution in [0.15, 0.2) is 164 Å². The minimum atomic E-state index is -1.38. The summed E-state index contributed by atoms with van der Waals surface area (Å²) in [6.45, 7) is 0.604. The molecule has 1 aliphatic rings. The first-order valence-corrected chi connectivity index (χ1v) is 18.6. The van der Waals surface area contributed by atoms with Crippen LogP contribution in [0.4, 0.5) is 4.79 Å². The number of amides is 1. The van der Waals surface area contributed by atoms with Gasteiger partial charge in [0.1, 0.15) is 43.2 Å². The monoisotopic (exact) mass is 757 g/mol. The summed E-state index contributed by atoms with van der Waals surface area (Å²) in [7, 11) is 0. The molecule has 0 spiro atoms. The van der Waals surface area contributed by atoms with Gasteiger partial charge in [-0.1, -0.05) is 152 Å². The highest BCUT2D eigenvalue weighted by Crippen LogP contribution is 2.26. The summed E-state index contributed by atoms with van der Waals surface area (Å²) in [5, 5.41) is 15.4. The third kappa shape index (κ3) is 12.5. The average molecular weight is 758 g/mol. The Morgan fingerprint density at radius 3 is 1.48 bits per heavy atom. The van der Waals surface area contributed by atoms with Crippen molar-refractivity contribution in [3.05, 3.63) is 192 Å². The third-order valence-electron chi connectivity index (χ3n) is 9.19. The van der Waals surface area contributed by atoms with Crippen molar-refractivity contribution in [2.24, 2.45) is 0 Å². The van der Waals surface area contributed by atoms with Gasteiger partial charge in [0.25, 0.3) is 0 Å². The molecule has 56 heavy (non-hydrogen) atoms. The van der Waals surface area contributed by atoms with E-state index in [1.165, 1.54) is 6.08 Å². The highest BCUT2D eigenvalue weighted by Gasteiger charge is 2.45. The summed E-state index contributed by atoms with van der Waals surface area (Å²) >= 11 is 0. The number of alkyl carbamates (subject to hydrolysis) is 1. The maximum Gasteiger partial charge on any atom is 0.407 e. The Balaban J connectivity index is 1.34. The lowest BCUT2D eigenvalue weighted by Gasteiger charge is -2.39. The highest BCUT2D eigenvalue weighted by molar-refractivity contribution is 5.84. The number of hydrogen-bond acceptors (Lipinski definition) is 9. The quantitative estimate of drug-likeness (QED) is 0.0756. The molecule has 1 heterocycles. The van der Waals surface area contributed by atoms with Crippen molar-refractivity contribution >= 4 is 12.1 Å². The minimum Gasteiger partial charge on any atom is -0.453 e. The molecule has 1 aliphatic heterocycles. The van der Waals surface area contributed by atoms with Crippen LogP contribution in [-0.4, -0.2) is 60.3 Å². The molecule has 0 radical (unpaired) electrons. The first kappa shape index (κ1) is 40.1. The molecule has 5 aromatic rings. The van der Waals surface area contributed by atoms with Crippen molar-refractivity contribution in [2.75, 3.05) is 6.61 Å². The predicted octanol–water partition coefficient (Wildman–Crippen LogP) is 7.10. The summed E-state index contributed by atoms with van der Waals surface area (Å²) in [6, 6.07) is 46.5. The van der Waals surface area contributed by atoms with E-state index in [0.717, 1.165) is 27.8 Å². The molecular formula is C46H47NO9. The second kappa shape index (κ2) is 21.5. The molecular weight excluding hydrogens is 711 g/mol. The van der Waals surface area contributed by atoms with Crippen LogP contribution < -0.4 is 5.32 Å². The summed E-state index contributed by atoms with van der Waals surface area (Å²) in [5.41, 5.74) is 4.32. The van der Waals surface area contributed by atoms with E-state index in [-0.39, 0.29) is 39.6 Å². The molecule has 1 unspecified atom stereocenters. The first-order valence-electron chi connectivity index (χ1n) is 18.6. The van der Waals surface area contributed by atoms with Crippen LogP contribution in [0.3, 0.4) is 0 Å². The number of carbonyl (C=O) groups is 2. The summed E-state index contributed by atoms with van der Waals surface area (Å²) < 4.78 is 37.3. The number of cyclic esters (lactones) is 1. The van der Waals surface area contributed by atoms with Crippen molar-refractivity contribution in [2.45, 2.75) is 69.6 Å². The minimum absolute atomic E-state index is 0.0000594. The van der Waals surface area contributed by atoms with Crippen LogP contribution in [-0.2, 0) is 66.3 Å². The van der Waals surface area contributed by atoms with Gasteiger partial charge < -0.3 is 38.8 Å². The van der Waals surface area contributed by atoms with Gasteiger partial charge in [0, 0.05) is 6.08 Å². The van der Waals surface area contributed by atoms with E-state index in [0.29, 0.717) is 0 Å².